The number of aromatic nitrogens is 2. The minimum Gasteiger partial charge on any atom is -0.376 e. The van der Waals surface area contributed by atoms with Crippen molar-refractivity contribution >= 4 is 33.2 Å². The van der Waals surface area contributed by atoms with Crippen LogP contribution in [-0.4, -0.2) is 16.6 Å². The number of rotatable bonds is 2. The van der Waals surface area contributed by atoms with Crippen molar-refractivity contribution in [2.24, 2.45) is 0 Å². The molecule has 0 amide bonds. The Hall–Kier alpha value is -0.910. The van der Waals surface area contributed by atoms with E-state index in [1.165, 1.54) is 0 Å². The van der Waals surface area contributed by atoms with Gasteiger partial charge in [0.15, 0.2) is 0 Å². The van der Waals surface area contributed by atoms with Crippen molar-refractivity contribution in [2.75, 3.05) is 6.61 Å². The van der Waals surface area contributed by atoms with E-state index < -0.39 is 0 Å². The zero-order chi connectivity index (χ0) is 12.7. The molecule has 1 unspecified atom stereocenters. The molecule has 2 aromatic heterocycles. The van der Waals surface area contributed by atoms with Crippen LogP contribution in [0.3, 0.4) is 0 Å². The highest BCUT2D eigenvalue weighted by Gasteiger charge is 2.21. The molecule has 2 aromatic rings. The van der Waals surface area contributed by atoms with Crippen LogP contribution in [-0.2, 0) is 17.8 Å². The molecule has 96 valence electrons. The summed E-state index contributed by atoms with van der Waals surface area (Å²) in [6.45, 7) is 3.23. The Bertz CT molecular complexity index is 649. The summed E-state index contributed by atoms with van der Waals surface area (Å²) in [6.07, 6.45) is 1.53. The van der Waals surface area contributed by atoms with Gasteiger partial charge in [0.1, 0.15) is 10.7 Å². The maximum absolute atomic E-state index is 12.2. The molecule has 0 saturated heterocycles. The molecule has 0 fully saturated rings. The number of fused-ring (bicyclic) bond motifs is 3. The van der Waals surface area contributed by atoms with E-state index in [1.54, 1.807) is 11.3 Å². The second-order valence-electron chi connectivity index (χ2n) is 4.31. The van der Waals surface area contributed by atoms with Crippen LogP contribution in [0.25, 0.3) is 10.2 Å². The summed E-state index contributed by atoms with van der Waals surface area (Å²) in [4.78, 5) is 21.4. The molecule has 0 radical (unpaired) electrons. The van der Waals surface area contributed by atoms with Crippen molar-refractivity contribution in [3.63, 3.8) is 0 Å². The summed E-state index contributed by atoms with van der Waals surface area (Å²) < 4.78 is 5.41. The lowest BCUT2D eigenvalue weighted by Crippen LogP contribution is -2.15. The number of thiophene rings is 1. The van der Waals surface area contributed by atoms with Gasteiger partial charge in [-0.3, -0.25) is 4.79 Å². The number of nitrogens with one attached hydrogen (secondary N) is 1. The van der Waals surface area contributed by atoms with Crippen molar-refractivity contribution in [3.8, 4) is 0 Å². The van der Waals surface area contributed by atoms with Crippen LogP contribution in [0.1, 0.15) is 35.0 Å². The van der Waals surface area contributed by atoms with Crippen LogP contribution >= 0.6 is 22.9 Å². The number of ether oxygens (including phenoxy) is 1. The summed E-state index contributed by atoms with van der Waals surface area (Å²) >= 11 is 7.68. The number of halogens is 1. The third kappa shape index (κ3) is 1.86. The number of aromatic amines is 1. The second-order valence-corrected chi connectivity index (χ2v) is 5.92. The lowest BCUT2D eigenvalue weighted by molar-refractivity contribution is 0.114. The first-order chi connectivity index (χ1) is 8.70. The zero-order valence-electron chi connectivity index (χ0n) is 9.96. The molecule has 1 atom stereocenters. The van der Waals surface area contributed by atoms with Gasteiger partial charge in [0.2, 0.25) is 0 Å². The zero-order valence-corrected chi connectivity index (χ0v) is 11.5. The third-order valence-electron chi connectivity index (χ3n) is 3.15. The predicted octanol–water partition coefficient (Wildman–Crippen LogP) is 2.75. The molecule has 3 heterocycles. The van der Waals surface area contributed by atoms with E-state index in [0.29, 0.717) is 19.0 Å². The Kier molecular flexibility index (Phi) is 3.13. The van der Waals surface area contributed by atoms with Gasteiger partial charge >= 0.3 is 0 Å². The molecule has 1 aliphatic rings. The largest absolute Gasteiger partial charge is 0.376 e. The molecule has 3 rings (SSSR count). The van der Waals surface area contributed by atoms with Crippen molar-refractivity contribution < 1.29 is 4.74 Å². The normalized spacial score (nSPS) is 16.8. The van der Waals surface area contributed by atoms with Crippen LogP contribution in [0, 0.1) is 0 Å². The summed E-state index contributed by atoms with van der Waals surface area (Å²) in [5.74, 6) is 0.566. The number of nitrogens with zero attached hydrogens (tertiary/aromatic N) is 1. The molecule has 0 aliphatic carbocycles. The van der Waals surface area contributed by atoms with Crippen molar-refractivity contribution in [2.45, 2.75) is 31.7 Å². The van der Waals surface area contributed by atoms with Gasteiger partial charge in [-0.1, -0.05) is 6.92 Å². The lowest BCUT2D eigenvalue weighted by atomic mass is 10.1. The van der Waals surface area contributed by atoms with Crippen molar-refractivity contribution in [1.29, 1.82) is 0 Å². The van der Waals surface area contributed by atoms with E-state index in [9.17, 15) is 4.79 Å². The van der Waals surface area contributed by atoms with Gasteiger partial charge < -0.3 is 9.72 Å². The summed E-state index contributed by atoms with van der Waals surface area (Å²) in [5, 5.41) is 0.486. The monoisotopic (exact) mass is 284 g/mol. The highest BCUT2D eigenvalue weighted by Crippen LogP contribution is 2.32. The van der Waals surface area contributed by atoms with Gasteiger partial charge in [-0.05, 0) is 18.4 Å². The van der Waals surface area contributed by atoms with Crippen LogP contribution in [0.15, 0.2) is 4.79 Å². The van der Waals surface area contributed by atoms with E-state index in [4.69, 9.17) is 16.3 Å². The Morgan fingerprint density at radius 1 is 1.61 bits per heavy atom. The second kappa shape index (κ2) is 4.64. The van der Waals surface area contributed by atoms with Gasteiger partial charge in [0, 0.05) is 4.88 Å². The molecule has 1 N–H and O–H groups in total. The third-order valence-corrected chi connectivity index (χ3v) is 4.76. The van der Waals surface area contributed by atoms with E-state index in [0.717, 1.165) is 33.5 Å². The van der Waals surface area contributed by atoms with Crippen LogP contribution in [0.4, 0.5) is 0 Å². The van der Waals surface area contributed by atoms with Crippen LogP contribution in [0.5, 0.6) is 0 Å². The van der Waals surface area contributed by atoms with Gasteiger partial charge in [0.05, 0.1) is 24.0 Å². The molecule has 1 aliphatic heterocycles. The Morgan fingerprint density at radius 2 is 2.44 bits per heavy atom. The summed E-state index contributed by atoms with van der Waals surface area (Å²) in [7, 11) is 0. The summed E-state index contributed by atoms with van der Waals surface area (Å²) in [5.41, 5.74) is 1.03. The Morgan fingerprint density at radius 3 is 3.22 bits per heavy atom. The fraction of sp³-hybridized carbons (Fsp3) is 0.500. The number of hydrogen-bond donors (Lipinski definition) is 1. The quantitative estimate of drug-likeness (QED) is 0.863. The number of H-pyrrole nitrogens is 1. The maximum atomic E-state index is 12.2. The van der Waals surface area contributed by atoms with Gasteiger partial charge in [-0.15, -0.1) is 22.9 Å². The molecule has 6 heteroatoms. The molecule has 0 aromatic carbocycles. The topological polar surface area (TPSA) is 55.0 Å². The molecule has 4 nitrogen and oxygen atoms in total. The highest BCUT2D eigenvalue weighted by atomic mass is 35.5. The summed E-state index contributed by atoms with van der Waals surface area (Å²) in [6, 6.07) is 0. The maximum Gasteiger partial charge on any atom is 0.259 e. The van der Waals surface area contributed by atoms with Gasteiger partial charge in [-0.25, -0.2) is 4.98 Å². The van der Waals surface area contributed by atoms with Gasteiger partial charge in [0.25, 0.3) is 5.56 Å². The molecular formula is C12H13ClN2O2S. The fourth-order valence-corrected chi connectivity index (χ4v) is 3.46. The first-order valence-corrected chi connectivity index (χ1v) is 7.22. The first-order valence-electron chi connectivity index (χ1n) is 5.97. The SMILES string of the molecule is CCC(Cl)c1nc2sc3c(c2c(=O)[nH]1)CCOC3. The van der Waals surface area contributed by atoms with Crippen LogP contribution < -0.4 is 5.56 Å². The average molecular weight is 285 g/mol. The number of hydrogen-bond acceptors (Lipinski definition) is 4. The molecule has 18 heavy (non-hydrogen) atoms. The minimum atomic E-state index is -0.238. The standard InChI is InChI=1S/C12H13ClN2O2S/c1-2-7(13)10-14-11(16)9-6-3-4-17-5-8(6)18-12(9)15-10/h7H,2-5H2,1H3,(H,14,15,16). The average Bonchev–Trinajstić information content (AvgIpc) is 2.76. The number of alkyl halides is 1. The van der Waals surface area contributed by atoms with E-state index in [1.807, 2.05) is 6.92 Å². The molecule has 0 bridgehead atoms. The van der Waals surface area contributed by atoms with E-state index in [2.05, 4.69) is 9.97 Å². The lowest BCUT2D eigenvalue weighted by Gasteiger charge is -2.11. The van der Waals surface area contributed by atoms with Crippen molar-refractivity contribution in [3.05, 3.63) is 26.6 Å². The highest BCUT2D eigenvalue weighted by molar-refractivity contribution is 7.18. The predicted molar refractivity (Wildman–Crippen MR) is 72.5 cm³/mol. The van der Waals surface area contributed by atoms with E-state index >= 15 is 0 Å². The van der Waals surface area contributed by atoms with Crippen LogP contribution in [0.2, 0.25) is 0 Å². The van der Waals surface area contributed by atoms with Gasteiger partial charge in [-0.2, -0.15) is 0 Å². The minimum absolute atomic E-state index is 0.0755. The van der Waals surface area contributed by atoms with Crippen molar-refractivity contribution in [1.82, 2.24) is 9.97 Å². The fourth-order valence-electron chi connectivity index (χ4n) is 2.19. The molecule has 0 saturated carbocycles. The first kappa shape index (κ1) is 12.1. The molecular weight excluding hydrogens is 272 g/mol. The van der Waals surface area contributed by atoms with E-state index in [-0.39, 0.29) is 10.9 Å². The Balaban J connectivity index is 2.23. The molecule has 0 spiro atoms. The Labute approximate surface area is 113 Å². The smallest absolute Gasteiger partial charge is 0.259 e.